The lowest BCUT2D eigenvalue weighted by Gasteiger charge is -2.14. The van der Waals surface area contributed by atoms with E-state index in [0.29, 0.717) is 27.5 Å². The van der Waals surface area contributed by atoms with Crippen LogP contribution in [0.5, 0.6) is 0 Å². The summed E-state index contributed by atoms with van der Waals surface area (Å²) in [5, 5.41) is 6.87. The number of anilines is 1. The van der Waals surface area contributed by atoms with Gasteiger partial charge in [0.15, 0.2) is 0 Å². The van der Waals surface area contributed by atoms with Crippen molar-refractivity contribution < 1.29 is 8.42 Å². The number of hydrogen-bond donors (Lipinski definition) is 2. The van der Waals surface area contributed by atoms with E-state index in [-0.39, 0.29) is 9.92 Å². The van der Waals surface area contributed by atoms with Gasteiger partial charge in [0.2, 0.25) is 0 Å². The van der Waals surface area contributed by atoms with Crippen molar-refractivity contribution in [1.82, 2.24) is 10.2 Å². The average molecular weight is 334 g/mol. The van der Waals surface area contributed by atoms with Crippen LogP contribution >= 0.6 is 23.2 Å². The standard InChI is InChI=1S/C12H13Cl2N3O2S/c1-6-4-9(13)8(3)11(10(6)14)20(18,19)17-12-7(2)5-15-16-12/h4-5H,1-3H3,(H2,15,16,17). The fourth-order valence-electron chi connectivity index (χ4n) is 1.77. The van der Waals surface area contributed by atoms with E-state index < -0.39 is 10.0 Å². The molecule has 2 aromatic rings. The molecule has 0 bridgehead atoms. The maximum Gasteiger partial charge on any atom is 0.264 e. The number of rotatable bonds is 3. The first-order valence-corrected chi connectivity index (χ1v) is 7.96. The lowest BCUT2D eigenvalue weighted by Crippen LogP contribution is -2.16. The topological polar surface area (TPSA) is 74.8 Å². The molecule has 1 aromatic carbocycles. The molecule has 1 heterocycles. The molecule has 2 rings (SSSR count). The van der Waals surface area contributed by atoms with Crippen molar-refractivity contribution in [1.29, 1.82) is 0 Å². The fraction of sp³-hybridized carbons (Fsp3) is 0.250. The van der Waals surface area contributed by atoms with Crippen LogP contribution in [0.4, 0.5) is 5.82 Å². The maximum atomic E-state index is 12.5. The number of hydrogen-bond acceptors (Lipinski definition) is 3. The van der Waals surface area contributed by atoms with Gasteiger partial charge < -0.3 is 0 Å². The lowest BCUT2D eigenvalue weighted by atomic mass is 10.2. The minimum absolute atomic E-state index is 0.0156. The van der Waals surface area contributed by atoms with Crippen LogP contribution in [-0.2, 0) is 10.0 Å². The number of aromatic amines is 1. The molecule has 0 aliphatic carbocycles. The van der Waals surface area contributed by atoms with Crippen molar-refractivity contribution in [2.24, 2.45) is 0 Å². The second-order valence-corrected chi connectivity index (χ2v) is 6.88. The van der Waals surface area contributed by atoms with Crippen LogP contribution in [0.1, 0.15) is 16.7 Å². The molecule has 0 saturated carbocycles. The van der Waals surface area contributed by atoms with Crippen molar-refractivity contribution >= 4 is 39.0 Å². The molecule has 20 heavy (non-hydrogen) atoms. The number of nitrogens with one attached hydrogen (secondary N) is 2. The minimum atomic E-state index is -3.85. The molecular weight excluding hydrogens is 321 g/mol. The highest BCUT2D eigenvalue weighted by atomic mass is 35.5. The Morgan fingerprint density at radius 2 is 1.85 bits per heavy atom. The third-order valence-corrected chi connectivity index (χ3v) is 5.43. The minimum Gasteiger partial charge on any atom is -0.263 e. The smallest absolute Gasteiger partial charge is 0.263 e. The summed E-state index contributed by atoms with van der Waals surface area (Å²) >= 11 is 12.2. The molecule has 0 aliphatic rings. The zero-order chi connectivity index (χ0) is 15.1. The van der Waals surface area contributed by atoms with E-state index in [0.717, 1.165) is 0 Å². The zero-order valence-corrected chi connectivity index (χ0v) is 13.4. The summed E-state index contributed by atoms with van der Waals surface area (Å²) in [5.74, 6) is 0.304. The molecule has 0 aliphatic heterocycles. The van der Waals surface area contributed by atoms with Gasteiger partial charge in [0, 0.05) is 10.6 Å². The summed E-state index contributed by atoms with van der Waals surface area (Å²) in [4.78, 5) is -0.0156. The van der Waals surface area contributed by atoms with Crippen LogP contribution in [0.15, 0.2) is 17.2 Å². The summed E-state index contributed by atoms with van der Waals surface area (Å²) < 4.78 is 27.4. The average Bonchev–Trinajstić information content (AvgIpc) is 2.72. The number of sulfonamides is 1. The molecule has 0 amide bonds. The monoisotopic (exact) mass is 333 g/mol. The molecule has 108 valence electrons. The van der Waals surface area contributed by atoms with Gasteiger partial charge in [-0.25, -0.2) is 8.42 Å². The van der Waals surface area contributed by atoms with E-state index in [4.69, 9.17) is 23.2 Å². The summed E-state index contributed by atoms with van der Waals surface area (Å²) in [6, 6.07) is 1.64. The number of aromatic nitrogens is 2. The maximum absolute atomic E-state index is 12.5. The summed E-state index contributed by atoms with van der Waals surface area (Å²) in [6.45, 7) is 5.05. The first-order valence-electron chi connectivity index (χ1n) is 5.72. The zero-order valence-electron chi connectivity index (χ0n) is 11.1. The van der Waals surface area contributed by atoms with Crippen molar-refractivity contribution in [2.45, 2.75) is 25.7 Å². The van der Waals surface area contributed by atoms with Crippen LogP contribution in [0.3, 0.4) is 0 Å². The molecule has 0 atom stereocenters. The third kappa shape index (κ3) is 2.63. The number of nitrogens with zero attached hydrogens (tertiary/aromatic N) is 1. The van der Waals surface area contributed by atoms with Gasteiger partial charge in [0.25, 0.3) is 10.0 Å². The Bertz CT molecular complexity index is 743. The highest BCUT2D eigenvalue weighted by molar-refractivity contribution is 7.92. The Labute approximate surface area is 127 Å². The Hall–Kier alpha value is -1.24. The second-order valence-electron chi connectivity index (χ2n) is 4.48. The highest BCUT2D eigenvalue weighted by Gasteiger charge is 2.24. The second kappa shape index (κ2) is 5.27. The van der Waals surface area contributed by atoms with Gasteiger partial charge in [-0.15, -0.1) is 0 Å². The number of H-pyrrole nitrogens is 1. The summed E-state index contributed by atoms with van der Waals surface area (Å²) in [5.41, 5.74) is 1.69. The number of benzene rings is 1. The van der Waals surface area contributed by atoms with Crippen molar-refractivity contribution in [3.63, 3.8) is 0 Å². The number of halogens is 2. The molecule has 2 N–H and O–H groups in total. The predicted molar refractivity (Wildman–Crippen MR) is 80.1 cm³/mol. The van der Waals surface area contributed by atoms with Gasteiger partial charge in [-0.05, 0) is 38.0 Å². The highest BCUT2D eigenvalue weighted by Crippen LogP contribution is 2.34. The van der Waals surface area contributed by atoms with E-state index >= 15 is 0 Å². The van der Waals surface area contributed by atoms with Gasteiger partial charge in [0.05, 0.1) is 11.2 Å². The molecule has 0 unspecified atom stereocenters. The molecule has 0 saturated heterocycles. The molecule has 1 aromatic heterocycles. The van der Waals surface area contributed by atoms with Gasteiger partial charge >= 0.3 is 0 Å². The lowest BCUT2D eigenvalue weighted by molar-refractivity contribution is 0.600. The van der Waals surface area contributed by atoms with Gasteiger partial charge in [-0.2, -0.15) is 5.10 Å². The number of aryl methyl sites for hydroxylation is 2. The third-order valence-electron chi connectivity index (χ3n) is 2.92. The fourth-order valence-corrected chi connectivity index (χ4v) is 4.07. The van der Waals surface area contributed by atoms with Crippen molar-refractivity contribution in [3.05, 3.63) is 39.0 Å². The Morgan fingerprint density at radius 3 is 2.40 bits per heavy atom. The molecule has 8 heteroatoms. The SMILES string of the molecule is Cc1cn[nH]c1NS(=O)(=O)c1c(C)c(Cl)cc(C)c1Cl. The molecule has 0 fully saturated rings. The van der Waals surface area contributed by atoms with E-state index in [1.54, 1.807) is 26.8 Å². The van der Waals surface area contributed by atoms with Crippen LogP contribution in [-0.4, -0.2) is 18.6 Å². The van der Waals surface area contributed by atoms with E-state index in [9.17, 15) is 8.42 Å². The first-order chi connectivity index (χ1) is 9.24. The van der Waals surface area contributed by atoms with E-state index in [2.05, 4.69) is 14.9 Å². The van der Waals surface area contributed by atoms with Gasteiger partial charge in [0.1, 0.15) is 10.7 Å². The van der Waals surface area contributed by atoms with Crippen molar-refractivity contribution in [2.75, 3.05) is 4.72 Å². The molecular formula is C12H13Cl2N3O2S. The van der Waals surface area contributed by atoms with Crippen LogP contribution in [0.25, 0.3) is 0 Å². The van der Waals surface area contributed by atoms with Gasteiger partial charge in [-0.1, -0.05) is 23.2 Å². The normalized spacial score (nSPS) is 11.7. The van der Waals surface area contributed by atoms with Gasteiger partial charge in [-0.3, -0.25) is 9.82 Å². The molecule has 5 nitrogen and oxygen atoms in total. The quantitative estimate of drug-likeness (QED) is 0.903. The van der Waals surface area contributed by atoms with E-state index in [1.165, 1.54) is 6.20 Å². The molecule has 0 spiro atoms. The summed E-state index contributed by atoms with van der Waals surface area (Å²) in [6.07, 6.45) is 1.52. The Kier molecular flexibility index (Phi) is 4.00. The molecule has 0 radical (unpaired) electrons. The predicted octanol–water partition coefficient (Wildman–Crippen LogP) is 3.44. The van der Waals surface area contributed by atoms with E-state index in [1.807, 2.05) is 0 Å². The van der Waals surface area contributed by atoms with Crippen molar-refractivity contribution in [3.8, 4) is 0 Å². The van der Waals surface area contributed by atoms with Crippen LogP contribution in [0, 0.1) is 20.8 Å². The van der Waals surface area contributed by atoms with Crippen LogP contribution < -0.4 is 4.72 Å². The summed E-state index contributed by atoms with van der Waals surface area (Å²) in [7, 11) is -3.85. The largest absolute Gasteiger partial charge is 0.264 e. The Balaban J connectivity index is 2.58. The Morgan fingerprint density at radius 1 is 1.20 bits per heavy atom. The van der Waals surface area contributed by atoms with Crippen LogP contribution in [0.2, 0.25) is 10.0 Å². The first kappa shape index (κ1) is 15.2.